The number of ether oxygens (including phenoxy) is 2. The minimum Gasteiger partial charge on any atom is -0.496 e. The summed E-state index contributed by atoms with van der Waals surface area (Å²) in [4.78, 5) is 0. The predicted octanol–water partition coefficient (Wildman–Crippen LogP) is 4.82. The van der Waals surface area contributed by atoms with E-state index in [9.17, 15) is 8.78 Å². The lowest BCUT2D eigenvalue weighted by Crippen LogP contribution is -2.02. The second-order valence-electron chi connectivity index (χ2n) is 5.46. The fourth-order valence-electron chi connectivity index (χ4n) is 2.85. The molecule has 0 N–H and O–H groups in total. The topological polar surface area (TPSA) is 18.5 Å². The van der Waals surface area contributed by atoms with Gasteiger partial charge < -0.3 is 9.47 Å². The Hall–Kier alpha value is -2.45. The van der Waals surface area contributed by atoms with Crippen molar-refractivity contribution in [2.45, 2.75) is 0 Å². The average Bonchev–Trinajstić information content (AvgIpc) is 2.61. The zero-order chi connectivity index (χ0) is 18.0. The Kier molecular flexibility index (Phi) is 5.00. The predicted molar refractivity (Wildman–Crippen MR) is 99.7 cm³/mol. The van der Waals surface area contributed by atoms with Gasteiger partial charge in [-0.25, -0.2) is 8.78 Å². The van der Waals surface area contributed by atoms with Gasteiger partial charge in [0.1, 0.15) is 23.1 Å². The van der Waals surface area contributed by atoms with Crippen LogP contribution in [-0.2, 0) is 0 Å². The summed E-state index contributed by atoms with van der Waals surface area (Å²) in [6.07, 6.45) is 0. The van der Waals surface area contributed by atoms with Crippen LogP contribution in [0, 0.1) is 11.6 Å². The van der Waals surface area contributed by atoms with Crippen molar-refractivity contribution in [3.63, 3.8) is 0 Å². The van der Waals surface area contributed by atoms with E-state index in [0.29, 0.717) is 11.5 Å². The summed E-state index contributed by atoms with van der Waals surface area (Å²) < 4.78 is 37.9. The van der Waals surface area contributed by atoms with Gasteiger partial charge in [0, 0.05) is 28.8 Å². The Balaban J connectivity index is 2.31. The van der Waals surface area contributed by atoms with Crippen molar-refractivity contribution in [2.75, 3.05) is 14.2 Å². The summed E-state index contributed by atoms with van der Waals surface area (Å²) in [6, 6.07) is 14.6. The van der Waals surface area contributed by atoms with E-state index < -0.39 is 0 Å². The van der Waals surface area contributed by atoms with Crippen LogP contribution < -0.4 is 14.8 Å². The van der Waals surface area contributed by atoms with Gasteiger partial charge in [0.25, 0.3) is 0 Å². The molecule has 0 aliphatic heterocycles. The van der Waals surface area contributed by atoms with Gasteiger partial charge in [-0.05, 0) is 35.1 Å². The molecule has 0 fully saturated rings. The monoisotopic (exact) mass is 358 g/mol. The molecule has 3 aromatic rings. The van der Waals surface area contributed by atoms with Gasteiger partial charge in [-0.2, -0.15) is 0 Å². The highest BCUT2D eigenvalue weighted by Gasteiger charge is 2.17. The summed E-state index contributed by atoms with van der Waals surface area (Å²) >= 11 is 0. The minimum atomic E-state index is -0.372. The Morgan fingerprint density at radius 2 is 1.28 bits per heavy atom. The minimum absolute atomic E-state index is 0.372. The summed E-state index contributed by atoms with van der Waals surface area (Å²) in [5.74, 6) is 0.112. The van der Waals surface area contributed by atoms with Crippen molar-refractivity contribution in [1.82, 2.24) is 0 Å². The van der Waals surface area contributed by atoms with Crippen LogP contribution in [0.4, 0.5) is 8.78 Å². The molecular weight excluding hydrogens is 341 g/mol. The van der Waals surface area contributed by atoms with Crippen molar-refractivity contribution >= 4 is 14.5 Å². The third-order valence-corrected chi connectivity index (χ3v) is 4.46. The maximum atomic E-state index is 13.6. The highest BCUT2D eigenvalue weighted by Crippen LogP contribution is 2.40. The first-order valence-electron chi connectivity index (χ1n) is 7.61. The van der Waals surface area contributed by atoms with Gasteiger partial charge in [-0.15, -0.1) is 9.24 Å². The summed E-state index contributed by atoms with van der Waals surface area (Å²) in [5.41, 5.74) is 3.19. The molecule has 0 saturated heterocycles. The molecule has 0 radical (unpaired) electrons. The number of benzene rings is 3. The molecule has 0 spiro atoms. The molecule has 0 aromatic heterocycles. The van der Waals surface area contributed by atoms with Gasteiger partial charge in [0.15, 0.2) is 0 Å². The molecule has 0 aliphatic carbocycles. The number of halogens is 2. The molecule has 128 valence electrons. The SMILES string of the molecule is COc1cc(F)ccc1-c1cccc(P)c1-c1ccc(F)cc1OC. The first kappa shape index (κ1) is 17.4. The molecule has 5 heteroatoms. The van der Waals surface area contributed by atoms with Crippen LogP contribution >= 0.6 is 9.24 Å². The lowest BCUT2D eigenvalue weighted by atomic mass is 9.93. The number of rotatable bonds is 4. The van der Waals surface area contributed by atoms with Crippen LogP contribution in [0.5, 0.6) is 11.5 Å². The molecule has 0 heterocycles. The lowest BCUT2D eigenvalue weighted by Gasteiger charge is -2.17. The summed E-state index contributed by atoms with van der Waals surface area (Å²) in [7, 11) is 5.68. The Morgan fingerprint density at radius 1 is 0.720 bits per heavy atom. The highest BCUT2D eigenvalue weighted by atomic mass is 31.0. The van der Waals surface area contributed by atoms with Crippen LogP contribution in [0.25, 0.3) is 22.3 Å². The molecular formula is C20H17F2O2P. The molecule has 0 bridgehead atoms. The standard InChI is InChI=1S/C20H17F2O2P/c1-23-17-10-12(21)6-8-14(17)15-4-3-5-19(25)20(15)16-9-7-13(22)11-18(16)24-2/h3-11H,25H2,1-2H3. The second-order valence-corrected chi connectivity index (χ2v) is 6.08. The van der Waals surface area contributed by atoms with Crippen LogP contribution in [-0.4, -0.2) is 14.2 Å². The van der Waals surface area contributed by atoms with Crippen LogP contribution in [0.15, 0.2) is 54.6 Å². The second kappa shape index (κ2) is 7.20. The molecule has 3 aromatic carbocycles. The maximum Gasteiger partial charge on any atom is 0.129 e. The quantitative estimate of drug-likeness (QED) is 0.623. The van der Waals surface area contributed by atoms with E-state index in [2.05, 4.69) is 9.24 Å². The van der Waals surface area contributed by atoms with Crippen molar-refractivity contribution in [1.29, 1.82) is 0 Å². The smallest absolute Gasteiger partial charge is 0.129 e. The van der Waals surface area contributed by atoms with E-state index in [1.54, 1.807) is 12.1 Å². The molecule has 25 heavy (non-hydrogen) atoms. The van der Waals surface area contributed by atoms with Crippen LogP contribution in [0.2, 0.25) is 0 Å². The summed E-state index contributed by atoms with van der Waals surface area (Å²) in [6.45, 7) is 0. The average molecular weight is 358 g/mol. The van der Waals surface area contributed by atoms with Gasteiger partial charge in [-0.1, -0.05) is 18.2 Å². The molecule has 1 atom stereocenters. The van der Waals surface area contributed by atoms with Gasteiger partial charge >= 0.3 is 0 Å². The van der Waals surface area contributed by atoms with Crippen molar-refractivity contribution in [3.8, 4) is 33.8 Å². The number of hydrogen-bond acceptors (Lipinski definition) is 2. The Morgan fingerprint density at radius 3 is 1.88 bits per heavy atom. The van der Waals surface area contributed by atoms with E-state index in [1.165, 1.54) is 38.5 Å². The highest BCUT2D eigenvalue weighted by molar-refractivity contribution is 7.28. The zero-order valence-electron chi connectivity index (χ0n) is 13.8. The number of hydrogen-bond donors (Lipinski definition) is 0. The van der Waals surface area contributed by atoms with E-state index in [0.717, 1.165) is 27.6 Å². The van der Waals surface area contributed by atoms with E-state index in [1.807, 2.05) is 18.2 Å². The third-order valence-electron chi connectivity index (χ3n) is 3.98. The molecule has 0 aliphatic rings. The maximum absolute atomic E-state index is 13.6. The normalized spacial score (nSPS) is 10.6. The largest absolute Gasteiger partial charge is 0.496 e. The first-order valence-corrected chi connectivity index (χ1v) is 8.19. The third kappa shape index (κ3) is 3.35. The van der Waals surface area contributed by atoms with Crippen molar-refractivity contribution < 1.29 is 18.3 Å². The zero-order valence-corrected chi connectivity index (χ0v) is 15.0. The van der Waals surface area contributed by atoms with Crippen molar-refractivity contribution in [3.05, 3.63) is 66.2 Å². The number of methoxy groups -OCH3 is 2. The molecule has 2 nitrogen and oxygen atoms in total. The van der Waals surface area contributed by atoms with Gasteiger partial charge in [0.2, 0.25) is 0 Å². The summed E-state index contributed by atoms with van der Waals surface area (Å²) in [5, 5.41) is 0.911. The fourth-order valence-corrected chi connectivity index (χ4v) is 3.28. The fraction of sp³-hybridized carbons (Fsp3) is 0.100. The lowest BCUT2D eigenvalue weighted by molar-refractivity contribution is 0.412. The Bertz CT molecular complexity index is 926. The van der Waals surface area contributed by atoms with E-state index in [-0.39, 0.29) is 11.6 Å². The molecule has 1 unspecified atom stereocenters. The first-order chi connectivity index (χ1) is 12.0. The van der Waals surface area contributed by atoms with Gasteiger partial charge in [0.05, 0.1) is 14.2 Å². The van der Waals surface area contributed by atoms with Crippen LogP contribution in [0.1, 0.15) is 0 Å². The molecule has 0 amide bonds. The Labute approximate surface area is 147 Å². The van der Waals surface area contributed by atoms with Crippen LogP contribution in [0.3, 0.4) is 0 Å². The van der Waals surface area contributed by atoms with E-state index >= 15 is 0 Å². The van der Waals surface area contributed by atoms with Gasteiger partial charge in [-0.3, -0.25) is 0 Å². The molecule has 3 rings (SSSR count). The van der Waals surface area contributed by atoms with Crippen molar-refractivity contribution in [2.24, 2.45) is 0 Å². The van der Waals surface area contributed by atoms with E-state index in [4.69, 9.17) is 9.47 Å². The molecule has 0 saturated carbocycles.